The summed E-state index contributed by atoms with van der Waals surface area (Å²) in [5.74, 6) is 1.22. The normalized spacial score (nSPS) is 15.7. The molecule has 10 heteroatoms. The van der Waals surface area contributed by atoms with Gasteiger partial charge in [0.15, 0.2) is 0 Å². The molecule has 0 spiro atoms. The lowest BCUT2D eigenvalue weighted by Gasteiger charge is -2.30. The molecule has 1 saturated heterocycles. The van der Waals surface area contributed by atoms with Crippen LogP contribution >= 0.6 is 23.2 Å². The highest BCUT2D eigenvalue weighted by Crippen LogP contribution is 2.29. The molecule has 1 unspecified atom stereocenters. The van der Waals surface area contributed by atoms with Gasteiger partial charge in [-0.25, -0.2) is 4.39 Å². The van der Waals surface area contributed by atoms with Gasteiger partial charge in [0.25, 0.3) is 0 Å². The van der Waals surface area contributed by atoms with Gasteiger partial charge in [-0.05, 0) is 73.0 Å². The van der Waals surface area contributed by atoms with E-state index in [0.29, 0.717) is 59.3 Å². The zero-order valence-electron chi connectivity index (χ0n) is 21.1. The Morgan fingerprint density at radius 1 is 1.08 bits per heavy atom. The second-order valence-electron chi connectivity index (χ2n) is 9.49. The highest BCUT2D eigenvalue weighted by Gasteiger charge is 2.27. The standard InChI is InChI=1S/C29H27Cl2FN4O3/c30-22-7-12-25(26(31)14-22)28-34-27(39-35-28)17-36-13-1-2-21(16-36)29(37)33-15-19-5-10-24(11-6-19)38-18-20-3-8-23(32)9-4-20/h3-12,14,21H,1-2,13,15-18H2,(H,33,37). The van der Waals surface area contributed by atoms with Crippen molar-refractivity contribution in [2.75, 3.05) is 13.1 Å². The predicted molar refractivity (Wildman–Crippen MR) is 147 cm³/mol. The van der Waals surface area contributed by atoms with Crippen molar-refractivity contribution in [1.29, 1.82) is 0 Å². The van der Waals surface area contributed by atoms with E-state index in [-0.39, 0.29) is 17.6 Å². The summed E-state index contributed by atoms with van der Waals surface area (Å²) >= 11 is 12.2. The van der Waals surface area contributed by atoms with Crippen molar-refractivity contribution in [1.82, 2.24) is 20.4 Å². The summed E-state index contributed by atoms with van der Waals surface area (Å²) in [5.41, 5.74) is 2.52. The summed E-state index contributed by atoms with van der Waals surface area (Å²) in [6.45, 7) is 2.71. The van der Waals surface area contributed by atoms with Crippen LogP contribution in [0.2, 0.25) is 10.0 Å². The zero-order chi connectivity index (χ0) is 27.2. The molecule has 0 radical (unpaired) electrons. The predicted octanol–water partition coefficient (Wildman–Crippen LogP) is 6.29. The minimum absolute atomic E-state index is 0.0236. The number of likely N-dealkylation sites (tertiary alicyclic amines) is 1. The fourth-order valence-corrected chi connectivity index (χ4v) is 4.98. The molecule has 7 nitrogen and oxygen atoms in total. The van der Waals surface area contributed by atoms with E-state index in [1.165, 1.54) is 12.1 Å². The Hall–Kier alpha value is -3.46. The first-order chi connectivity index (χ1) is 18.9. The second kappa shape index (κ2) is 12.6. The van der Waals surface area contributed by atoms with E-state index in [1.807, 2.05) is 24.3 Å². The van der Waals surface area contributed by atoms with Gasteiger partial charge >= 0.3 is 0 Å². The van der Waals surface area contributed by atoms with Crippen molar-refractivity contribution < 1.29 is 18.4 Å². The molecule has 5 rings (SSSR count). The first-order valence-corrected chi connectivity index (χ1v) is 13.4. The average Bonchev–Trinajstić information content (AvgIpc) is 3.40. The van der Waals surface area contributed by atoms with Crippen molar-refractivity contribution in [3.8, 4) is 17.1 Å². The number of halogens is 3. The van der Waals surface area contributed by atoms with Crippen LogP contribution in [-0.4, -0.2) is 34.0 Å². The van der Waals surface area contributed by atoms with Gasteiger partial charge in [0.2, 0.25) is 17.6 Å². The molecule has 202 valence electrons. The molecule has 1 amide bonds. The van der Waals surface area contributed by atoms with E-state index in [4.69, 9.17) is 32.5 Å². The molecule has 1 aliphatic heterocycles. The van der Waals surface area contributed by atoms with Crippen LogP contribution < -0.4 is 10.1 Å². The molecule has 0 saturated carbocycles. The van der Waals surface area contributed by atoms with Crippen LogP contribution in [0.3, 0.4) is 0 Å². The van der Waals surface area contributed by atoms with E-state index in [2.05, 4.69) is 20.4 Å². The molecule has 1 N–H and O–H groups in total. The van der Waals surface area contributed by atoms with Crippen molar-refractivity contribution in [2.24, 2.45) is 5.92 Å². The van der Waals surface area contributed by atoms with E-state index < -0.39 is 0 Å². The Kier molecular flexibility index (Phi) is 8.76. The summed E-state index contributed by atoms with van der Waals surface area (Å²) in [4.78, 5) is 19.5. The second-order valence-corrected chi connectivity index (χ2v) is 10.3. The third-order valence-electron chi connectivity index (χ3n) is 6.58. The zero-order valence-corrected chi connectivity index (χ0v) is 22.6. The summed E-state index contributed by atoms with van der Waals surface area (Å²) in [6, 6.07) is 18.9. The lowest BCUT2D eigenvalue weighted by molar-refractivity contribution is -0.127. The molecule has 3 aromatic carbocycles. The van der Waals surface area contributed by atoms with Crippen LogP contribution in [0.15, 0.2) is 71.3 Å². The number of piperidine rings is 1. The lowest BCUT2D eigenvalue weighted by Crippen LogP contribution is -2.42. The lowest BCUT2D eigenvalue weighted by atomic mass is 9.97. The number of hydrogen-bond acceptors (Lipinski definition) is 6. The van der Waals surface area contributed by atoms with Gasteiger partial charge in [0.05, 0.1) is 17.5 Å². The van der Waals surface area contributed by atoms with Crippen LogP contribution in [0.4, 0.5) is 4.39 Å². The SMILES string of the molecule is O=C(NCc1ccc(OCc2ccc(F)cc2)cc1)C1CCCN(Cc2nc(-c3ccc(Cl)cc3Cl)no2)C1. The highest BCUT2D eigenvalue weighted by atomic mass is 35.5. The van der Waals surface area contributed by atoms with Crippen LogP contribution in [0, 0.1) is 11.7 Å². The Morgan fingerprint density at radius 2 is 1.85 bits per heavy atom. The molecular weight excluding hydrogens is 542 g/mol. The number of carbonyl (C=O) groups is 1. The fraction of sp³-hybridized carbons (Fsp3) is 0.276. The van der Waals surface area contributed by atoms with E-state index in [0.717, 1.165) is 30.5 Å². The van der Waals surface area contributed by atoms with Gasteiger partial charge in [-0.1, -0.05) is 52.6 Å². The third-order valence-corrected chi connectivity index (χ3v) is 7.13. The van der Waals surface area contributed by atoms with Crippen LogP contribution in [0.1, 0.15) is 29.9 Å². The molecule has 4 aromatic rings. The minimum atomic E-state index is -0.271. The van der Waals surface area contributed by atoms with Gasteiger partial charge in [-0.2, -0.15) is 4.98 Å². The van der Waals surface area contributed by atoms with E-state index >= 15 is 0 Å². The molecule has 1 fully saturated rings. The van der Waals surface area contributed by atoms with Crippen molar-refractivity contribution in [3.05, 3.63) is 99.6 Å². The molecule has 1 atom stereocenters. The van der Waals surface area contributed by atoms with Gasteiger partial charge in [-0.3, -0.25) is 9.69 Å². The van der Waals surface area contributed by atoms with Gasteiger partial charge in [0.1, 0.15) is 18.2 Å². The highest BCUT2D eigenvalue weighted by molar-refractivity contribution is 6.36. The monoisotopic (exact) mass is 568 g/mol. The topological polar surface area (TPSA) is 80.5 Å². The smallest absolute Gasteiger partial charge is 0.241 e. The largest absolute Gasteiger partial charge is 0.489 e. The van der Waals surface area contributed by atoms with Crippen LogP contribution in [0.5, 0.6) is 5.75 Å². The fourth-order valence-electron chi connectivity index (χ4n) is 4.49. The van der Waals surface area contributed by atoms with Crippen molar-refractivity contribution in [2.45, 2.75) is 32.5 Å². The number of benzene rings is 3. The van der Waals surface area contributed by atoms with Crippen LogP contribution in [-0.2, 0) is 24.5 Å². The minimum Gasteiger partial charge on any atom is -0.489 e. The van der Waals surface area contributed by atoms with E-state index in [1.54, 1.807) is 30.3 Å². The molecule has 0 aliphatic carbocycles. The van der Waals surface area contributed by atoms with Crippen LogP contribution in [0.25, 0.3) is 11.4 Å². The quantitative estimate of drug-likeness (QED) is 0.255. The third kappa shape index (κ3) is 7.35. The number of amides is 1. The number of carbonyl (C=O) groups excluding carboxylic acids is 1. The molecular formula is C29H27Cl2FN4O3. The van der Waals surface area contributed by atoms with Gasteiger partial charge in [0, 0.05) is 23.7 Å². The summed E-state index contributed by atoms with van der Waals surface area (Å²) in [5, 5.41) is 8.10. The maximum Gasteiger partial charge on any atom is 0.241 e. The molecule has 1 aromatic heterocycles. The Bertz CT molecular complexity index is 1410. The number of nitrogens with one attached hydrogen (secondary N) is 1. The number of aromatic nitrogens is 2. The summed E-state index contributed by atoms with van der Waals surface area (Å²) in [7, 11) is 0. The van der Waals surface area contributed by atoms with Gasteiger partial charge < -0.3 is 14.6 Å². The number of rotatable bonds is 9. The molecule has 2 heterocycles. The van der Waals surface area contributed by atoms with E-state index in [9.17, 15) is 9.18 Å². The Labute approximate surface area is 235 Å². The summed E-state index contributed by atoms with van der Waals surface area (Å²) < 4.78 is 24.2. The number of ether oxygens (including phenoxy) is 1. The van der Waals surface area contributed by atoms with Crippen molar-refractivity contribution in [3.63, 3.8) is 0 Å². The molecule has 39 heavy (non-hydrogen) atoms. The number of hydrogen-bond donors (Lipinski definition) is 1. The van der Waals surface area contributed by atoms with Crippen molar-refractivity contribution >= 4 is 29.1 Å². The van der Waals surface area contributed by atoms with Gasteiger partial charge in [-0.15, -0.1) is 0 Å². The Morgan fingerprint density at radius 3 is 2.62 bits per heavy atom. The first-order valence-electron chi connectivity index (χ1n) is 12.7. The molecule has 1 aliphatic rings. The first kappa shape index (κ1) is 27.1. The maximum absolute atomic E-state index is 13.0. The average molecular weight is 569 g/mol. The number of nitrogens with zero attached hydrogens (tertiary/aromatic N) is 3. The molecule has 0 bridgehead atoms. The maximum atomic E-state index is 13.0. The summed E-state index contributed by atoms with van der Waals surface area (Å²) in [6.07, 6.45) is 1.73. The Balaban J connectivity index is 1.09.